The minimum atomic E-state index is -4.51. The monoisotopic (exact) mass is 294 g/mol. The van der Waals surface area contributed by atoms with Crippen LogP contribution in [0.3, 0.4) is 0 Å². The van der Waals surface area contributed by atoms with Crippen molar-refractivity contribution < 1.29 is 36.9 Å². The number of alkyl halides is 3. The molecule has 0 atom stereocenters. The fourth-order valence-electron chi connectivity index (χ4n) is 1.23. The highest BCUT2D eigenvalue weighted by Crippen LogP contribution is 2.24. The predicted molar refractivity (Wildman–Crippen MR) is 60.6 cm³/mol. The van der Waals surface area contributed by atoms with E-state index in [1.807, 2.05) is 0 Å². The van der Waals surface area contributed by atoms with Gasteiger partial charge in [-0.25, -0.2) is 9.18 Å². The number of ether oxygens (including phenoxy) is 2. The van der Waals surface area contributed by atoms with Crippen molar-refractivity contribution in [1.82, 2.24) is 0 Å². The average molecular weight is 294 g/mol. The molecule has 1 rings (SSSR count). The van der Waals surface area contributed by atoms with Gasteiger partial charge in [0.05, 0.1) is 0 Å². The van der Waals surface area contributed by atoms with Gasteiger partial charge in [0.15, 0.2) is 18.4 Å². The quantitative estimate of drug-likeness (QED) is 0.379. The molecule has 0 saturated carbocycles. The SMILES string of the molecule is O=C(O)/C=C/c1cccc(F)c1OCOCC(F)(F)F. The summed E-state index contributed by atoms with van der Waals surface area (Å²) in [7, 11) is 0. The van der Waals surface area contributed by atoms with E-state index in [-0.39, 0.29) is 11.3 Å². The first kappa shape index (κ1) is 16.0. The van der Waals surface area contributed by atoms with Crippen LogP contribution in [0.2, 0.25) is 0 Å². The third-order valence-corrected chi connectivity index (χ3v) is 1.96. The summed E-state index contributed by atoms with van der Waals surface area (Å²) in [4.78, 5) is 10.4. The smallest absolute Gasteiger partial charge is 0.411 e. The zero-order chi connectivity index (χ0) is 15.2. The fraction of sp³-hybridized carbons (Fsp3) is 0.250. The van der Waals surface area contributed by atoms with E-state index in [1.165, 1.54) is 12.1 Å². The first-order valence-corrected chi connectivity index (χ1v) is 5.26. The standard InChI is InChI=1S/C12H10F4O4/c13-9-3-1-2-8(4-5-10(17)18)11(9)20-7-19-6-12(14,15)16/h1-5H,6-7H2,(H,17,18)/b5-4+. The zero-order valence-corrected chi connectivity index (χ0v) is 9.98. The summed E-state index contributed by atoms with van der Waals surface area (Å²) in [5.74, 6) is -2.48. The summed E-state index contributed by atoms with van der Waals surface area (Å²) in [6.45, 7) is -2.34. The van der Waals surface area contributed by atoms with Gasteiger partial charge >= 0.3 is 12.1 Å². The van der Waals surface area contributed by atoms with Gasteiger partial charge in [0.1, 0.15) is 6.61 Å². The maximum atomic E-state index is 13.5. The fourth-order valence-corrected chi connectivity index (χ4v) is 1.23. The van der Waals surface area contributed by atoms with Crippen LogP contribution in [0.1, 0.15) is 5.56 Å². The largest absolute Gasteiger partial charge is 0.478 e. The topological polar surface area (TPSA) is 55.8 Å². The third kappa shape index (κ3) is 5.70. The summed E-state index contributed by atoms with van der Waals surface area (Å²) in [5, 5.41) is 8.47. The van der Waals surface area contributed by atoms with Crippen LogP contribution in [0.15, 0.2) is 24.3 Å². The highest BCUT2D eigenvalue weighted by Gasteiger charge is 2.27. The number of carboxylic acid groups (broad SMARTS) is 1. The van der Waals surface area contributed by atoms with Crippen LogP contribution in [-0.4, -0.2) is 30.7 Å². The van der Waals surface area contributed by atoms with Crippen LogP contribution in [-0.2, 0) is 9.53 Å². The highest BCUT2D eigenvalue weighted by molar-refractivity contribution is 5.85. The molecular formula is C12H10F4O4. The van der Waals surface area contributed by atoms with Gasteiger partial charge < -0.3 is 14.6 Å². The van der Waals surface area contributed by atoms with Crippen molar-refractivity contribution in [1.29, 1.82) is 0 Å². The number of carbonyl (C=O) groups is 1. The van der Waals surface area contributed by atoms with Crippen molar-refractivity contribution in [2.24, 2.45) is 0 Å². The first-order valence-electron chi connectivity index (χ1n) is 5.26. The lowest BCUT2D eigenvalue weighted by atomic mass is 10.2. The summed E-state index contributed by atoms with van der Waals surface area (Å²) in [5.41, 5.74) is 0.0722. The highest BCUT2D eigenvalue weighted by atomic mass is 19.4. The van der Waals surface area contributed by atoms with E-state index in [9.17, 15) is 22.4 Å². The van der Waals surface area contributed by atoms with Crippen LogP contribution in [0.5, 0.6) is 5.75 Å². The van der Waals surface area contributed by atoms with Crippen LogP contribution in [0.4, 0.5) is 17.6 Å². The summed E-state index contributed by atoms with van der Waals surface area (Å²) in [6, 6.07) is 3.68. The van der Waals surface area contributed by atoms with Crippen LogP contribution in [0, 0.1) is 5.82 Å². The molecule has 0 radical (unpaired) electrons. The average Bonchev–Trinajstić information content (AvgIpc) is 2.32. The Balaban J connectivity index is 2.71. The Bertz CT molecular complexity index is 497. The minimum absolute atomic E-state index is 0.0722. The molecule has 1 aromatic carbocycles. The lowest BCUT2D eigenvalue weighted by Gasteiger charge is -2.11. The van der Waals surface area contributed by atoms with Gasteiger partial charge in [-0.2, -0.15) is 13.2 Å². The molecule has 8 heteroatoms. The Morgan fingerprint density at radius 1 is 1.35 bits per heavy atom. The van der Waals surface area contributed by atoms with Gasteiger partial charge in [-0.05, 0) is 12.1 Å². The van der Waals surface area contributed by atoms with E-state index in [0.717, 1.165) is 18.2 Å². The van der Waals surface area contributed by atoms with Gasteiger partial charge in [-0.1, -0.05) is 12.1 Å². The Morgan fingerprint density at radius 2 is 2.05 bits per heavy atom. The summed E-state index contributed by atoms with van der Waals surface area (Å²) >= 11 is 0. The molecule has 0 amide bonds. The van der Waals surface area contributed by atoms with Crippen LogP contribution in [0.25, 0.3) is 6.08 Å². The van der Waals surface area contributed by atoms with Gasteiger partial charge in [0, 0.05) is 11.6 Å². The number of halogens is 4. The number of carboxylic acids is 1. The van der Waals surface area contributed by atoms with Gasteiger partial charge in [0.25, 0.3) is 0 Å². The van der Waals surface area contributed by atoms with Gasteiger partial charge in [-0.15, -0.1) is 0 Å². The molecule has 0 aliphatic carbocycles. The molecule has 0 aromatic heterocycles. The first-order chi connectivity index (χ1) is 9.29. The lowest BCUT2D eigenvalue weighted by molar-refractivity contribution is -0.187. The van der Waals surface area contributed by atoms with Crippen LogP contribution >= 0.6 is 0 Å². The minimum Gasteiger partial charge on any atom is -0.478 e. The maximum Gasteiger partial charge on any atom is 0.411 e. The normalized spacial score (nSPS) is 11.8. The molecule has 4 nitrogen and oxygen atoms in total. The maximum absolute atomic E-state index is 13.5. The molecule has 1 aromatic rings. The van der Waals surface area contributed by atoms with E-state index < -0.39 is 31.4 Å². The van der Waals surface area contributed by atoms with Crippen molar-refractivity contribution in [2.45, 2.75) is 6.18 Å². The second-order valence-electron chi connectivity index (χ2n) is 3.56. The predicted octanol–water partition coefficient (Wildman–Crippen LogP) is 2.84. The molecule has 0 aliphatic rings. The molecule has 0 bridgehead atoms. The molecular weight excluding hydrogens is 284 g/mol. The summed E-state index contributed by atoms with van der Waals surface area (Å²) < 4.78 is 57.8. The second-order valence-corrected chi connectivity index (χ2v) is 3.56. The van der Waals surface area contributed by atoms with E-state index in [0.29, 0.717) is 0 Å². The zero-order valence-electron chi connectivity index (χ0n) is 9.98. The molecule has 0 saturated heterocycles. The molecule has 0 heterocycles. The Kier molecular flexibility index (Phi) is 5.51. The second kappa shape index (κ2) is 6.90. The van der Waals surface area contributed by atoms with Crippen molar-refractivity contribution in [3.8, 4) is 5.75 Å². The van der Waals surface area contributed by atoms with E-state index in [1.54, 1.807) is 0 Å². The third-order valence-electron chi connectivity index (χ3n) is 1.96. The van der Waals surface area contributed by atoms with Crippen molar-refractivity contribution in [3.05, 3.63) is 35.7 Å². The number of rotatable bonds is 6. The lowest BCUT2D eigenvalue weighted by Crippen LogP contribution is -2.19. The van der Waals surface area contributed by atoms with E-state index >= 15 is 0 Å². The molecule has 0 fully saturated rings. The molecule has 0 unspecified atom stereocenters. The number of hydrogen-bond donors (Lipinski definition) is 1. The molecule has 110 valence electrons. The van der Waals surface area contributed by atoms with Gasteiger partial charge in [0.2, 0.25) is 0 Å². The van der Waals surface area contributed by atoms with Crippen molar-refractivity contribution in [3.63, 3.8) is 0 Å². The van der Waals surface area contributed by atoms with Crippen LogP contribution < -0.4 is 4.74 Å². The Labute approximate surface area is 111 Å². The van der Waals surface area contributed by atoms with Gasteiger partial charge in [-0.3, -0.25) is 0 Å². The van der Waals surface area contributed by atoms with E-state index in [4.69, 9.17) is 9.84 Å². The molecule has 1 N–H and O–H groups in total. The Hall–Kier alpha value is -2.09. The number of hydrogen-bond acceptors (Lipinski definition) is 3. The molecule has 20 heavy (non-hydrogen) atoms. The molecule has 0 spiro atoms. The van der Waals surface area contributed by atoms with Crippen molar-refractivity contribution >= 4 is 12.0 Å². The summed E-state index contributed by atoms with van der Waals surface area (Å²) in [6.07, 6.45) is -2.70. The van der Waals surface area contributed by atoms with Crippen molar-refractivity contribution in [2.75, 3.05) is 13.4 Å². The Morgan fingerprint density at radius 3 is 2.65 bits per heavy atom. The number of benzene rings is 1. The number of aliphatic carboxylic acids is 1. The van der Waals surface area contributed by atoms with E-state index in [2.05, 4.69) is 4.74 Å². The molecule has 0 aliphatic heterocycles. The number of para-hydroxylation sites is 1.